The number of nitrogens with zero attached hydrogens (tertiary/aromatic N) is 2. The molecule has 0 radical (unpaired) electrons. The summed E-state index contributed by atoms with van der Waals surface area (Å²) in [5, 5.41) is 13.0. The fourth-order valence-corrected chi connectivity index (χ4v) is 3.51. The molecule has 110 valence electrons. The standard InChI is InChI=1S/C16H31N3/c1-4-11-19(12-5-2)13-9-15-8-7-10-16(15,14-17)18-6-3/h15,18H,4-13H2,1-3H3. The van der Waals surface area contributed by atoms with Crippen LogP contribution in [0.2, 0.25) is 0 Å². The van der Waals surface area contributed by atoms with Crippen LogP contribution in [0.15, 0.2) is 0 Å². The van der Waals surface area contributed by atoms with Crippen LogP contribution in [0.5, 0.6) is 0 Å². The van der Waals surface area contributed by atoms with Gasteiger partial charge in [0.05, 0.1) is 6.07 Å². The molecule has 1 fully saturated rings. The van der Waals surface area contributed by atoms with E-state index in [0.717, 1.165) is 19.5 Å². The molecule has 1 N–H and O–H groups in total. The molecule has 0 aromatic heterocycles. The van der Waals surface area contributed by atoms with Crippen LogP contribution in [0.3, 0.4) is 0 Å². The van der Waals surface area contributed by atoms with Crippen molar-refractivity contribution >= 4 is 0 Å². The van der Waals surface area contributed by atoms with E-state index in [0.29, 0.717) is 5.92 Å². The maximum Gasteiger partial charge on any atom is 0.109 e. The topological polar surface area (TPSA) is 39.1 Å². The van der Waals surface area contributed by atoms with Crippen LogP contribution >= 0.6 is 0 Å². The molecule has 1 saturated carbocycles. The number of rotatable bonds is 9. The van der Waals surface area contributed by atoms with Gasteiger partial charge in [-0.2, -0.15) is 5.26 Å². The van der Waals surface area contributed by atoms with Crippen LogP contribution in [0.1, 0.15) is 59.3 Å². The van der Waals surface area contributed by atoms with E-state index in [-0.39, 0.29) is 5.54 Å². The molecular formula is C16H31N3. The van der Waals surface area contributed by atoms with Crippen LogP contribution in [0.4, 0.5) is 0 Å². The first kappa shape index (κ1) is 16.5. The zero-order valence-corrected chi connectivity index (χ0v) is 13.0. The minimum Gasteiger partial charge on any atom is -0.303 e. The van der Waals surface area contributed by atoms with Gasteiger partial charge in [-0.25, -0.2) is 0 Å². The Labute approximate surface area is 119 Å². The molecule has 0 aromatic carbocycles. The van der Waals surface area contributed by atoms with Gasteiger partial charge in [0.15, 0.2) is 0 Å². The zero-order valence-electron chi connectivity index (χ0n) is 13.0. The van der Waals surface area contributed by atoms with Crippen LogP contribution in [0, 0.1) is 17.2 Å². The first-order chi connectivity index (χ1) is 9.22. The van der Waals surface area contributed by atoms with Crippen molar-refractivity contribution in [2.24, 2.45) is 5.92 Å². The highest BCUT2D eigenvalue weighted by Crippen LogP contribution is 2.37. The fraction of sp³-hybridized carbons (Fsp3) is 0.938. The molecule has 0 bridgehead atoms. The quantitative estimate of drug-likeness (QED) is 0.696. The van der Waals surface area contributed by atoms with Crippen LogP contribution < -0.4 is 5.32 Å². The van der Waals surface area contributed by atoms with Gasteiger partial charge < -0.3 is 4.90 Å². The van der Waals surface area contributed by atoms with Gasteiger partial charge in [0.2, 0.25) is 0 Å². The molecule has 3 nitrogen and oxygen atoms in total. The van der Waals surface area contributed by atoms with Crippen LogP contribution in [0.25, 0.3) is 0 Å². The second kappa shape index (κ2) is 8.55. The fourth-order valence-electron chi connectivity index (χ4n) is 3.51. The number of hydrogen-bond acceptors (Lipinski definition) is 3. The maximum absolute atomic E-state index is 9.56. The lowest BCUT2D eigenvalue weighted by molar-refractivity contribution is 0.224. The Bertz CT molecular complexity index is 278. The van der Waals surface area contributed by atoms with E-state index in [1.807, 2.05) is 0 Å². The number of nitrogens with one attached hydrogen (secondary N) is 1. The van der Waals surface area contributed by atoms with Gasteiger partial charge in [-0.05, 0) is 64.2 Å². The average molecular weight is 265 g/mol. The summed E-state index contributed by atoms with van der Waals surface area (Å²) >= 11 is 0. The predicted octanol–water partition coefficient (Wildman–Crippen LogP) is 3.17. The van der Waals surface area contributed by atoms with E-state index in [9.17, 15) is 5.26 Å². The lowest BCUT2D eigenvalue weighted by Crippen LogP contribution is -2.47. The third-order valence-electron chi connectivity index (χ3n) is 4.39. The maximum atomic E-state index is 9.56. The van der Waals surface area contributed by atoms with Crippen molar-refractivity contribution in [2.45, 2.75) is 64.8 Å². The van der Waals surface area contributed by atoms with Gasteiger partial charge in [0.25, 0.3) is 0 Å². The molecule has 0 heterocycles. The summed E-state index contributed by atoms with van der Waals surface area (Å²) in [6, 6.07) is 2.59. The molecule has 1 aliphatic rings. The first-order valence-corrected chi connectivity index (χ1v) is 8.11. The highest BCUT2D eigenvalue weighted by atomic mass is 15.1. The lowest BCUT2D eigenvalue weighted by atomic mass is 9.85. The van der Waals surface area contributed by atoms with Gasteiger partial charge in [-0.15, -0.1) is 0 Å². The van der Waals surface area contributed by atoms with E-state index in [4.69, 9.17) is 0 Å². The van der Waals surface area contributed by atoms with Crippen molar-refractivity contribution in [3.05, 3.63) is 0 Å². The minimum atomic E-state index is -0.237. The van der Waals surface area contributed by atoms with Gasteiger partial charge in [-0.3, -0.25) is 5.32 Å². The molecule has 0 aliphatic heterocycles. The number of nitriles is 1. The van der Waals surface area contributed by atoms with E-state index in [2.05, 4.69) is 37.1 Å². The summed E-state index contributed by atoms with van der Waals surface area (Å²) in [4.78, 5) is 2.56. The van der Waals surface area contributed by atoms with Crippen molar-refractivity contribution in [1.82, 2.24) is 10.2 Å². The van der Waals surface area contributed by atoms with Crippen molar-refractivity contribution in [1.29, 1.82) is 5.26 Å². The van der Waals surface area contributed by atoms with Crippen LogP contribution in [-0.4, -0.2) is 36.6 Å². The highest BCUT2D eigenvalue weighted by molar-refractivity contribution is 5.14. The second-order valence-electron chi connectivity index (χ2n) is 5.83. The molecule has 0 saturated heterocycles. The molecule has 19 heavy (non-hydrogen) atoms. The van der Waals surface area contributed by atoms with Crippen molar-refractivity contribution in [3.8, 4) is 6.07 Å². The highest BCUT2D eigenvalue weighted by Gasteiger charge is 2.42. The Hall–Kier alpha value is -0.590. The van der Waals surface area contributed by atoms with E-state index < -0.39 is 0 Å². The zero-order chi connectivity index (χ0) is 14.1. The van der Waals surface area contributed by atoms with Crippen LogP contribution in [-0.2, 0) is 0 Å². The Morgan fingerprint density at radius 2 is 1.89 bits per heavy atom. The van der Waals surface area contributed by atoms with Crippen molar-refractivity contribution in [2.75, 3.05) is 26.2 Å². The molecular weight excluding hydrogens is 234 g/mol. The molecule has 2 atom stereocenters. The molecule has 1 aliphatic carbocycles. The van der Waals surface area contributed by atoms with Gasteiger partial charge in [-0.1, -0.05) is 27.2 Å². The molecule has 0 aromatic rings. The van der Waals surface area contributed by atoms with Crippen molar-refractivity contribution in [3.63, 3.8) is 0 Å². The molecule has 0 amide bonds. The third-order valence-corrected chi connectivity index (χ3v) is 4.39. The summed E-state index contributed by atoms with van der Waals surface area (Å²) < 4.78 is 0. The molecule has 2 unspecified atom stereocenters. The van der Waals surface area contributed by atoms with E-state index in [1.54, 1.807) is 0 Å². The van der Waals surface area contributed by atoms with E-state index >= 15 is 0 Å². The first-order valence-electron chi connectivity index (χ1n) is 8.11. The van der Waals surface area contributed by atoms with Gasteiger partial charge >= 0.3 is 0 Å². The van der Waals surface area contributed by atoms with Gasteiger partial charge in [0.1, 0.15) is 5.54 Å². The van der Waals surface area contributed by atoms with E-state index in [1.165, 1.54) is 45.2 Å². The third kappa shape index (κ3) is 4.47. The summed E-state index contributed by atoms with van der Waals surface area (Å²) in [5.41, 5.74) is -0.237. The molecule has 0 spiro atoms. The molecule has 3 heteroatoms. The summed E-state index contributed by atoms with van der Waals surface area (Å²) in [5.74, 6) is 0.536. The lowest BCUT2D eigenvalue weighted by Gasteiger charge is -2.31. The second-order valence-corrected chi connectivity index (χ2v) is 5.83. The Kier molecular flexibility index (Phi) is 7.41. The average Bonchev–Trinajstić information content (AvgIpc) is 2.80. The summed E-state index contributed by atoms with van der Waals surface area (Å²) in [7, 11) is 0. The monoisotopic (exact) mass is 265 g/mol. The SMILES string of the molecule is CCCN(CCC)CCC1CCCC1(C#N)NCC. The van der Waals surface area contributed by atoms with Gasteiger partial charge in [0, 0.05) is 0 Å². The minimum absolute atomic E-state index is 0.237. The normalized spacial score (nSPS) is 26.8. The summed E-state index contributed by atoms with van der Waals surface area (Å²) in [6.07, 6.45) is 7.06. The Morgan fingerprint density at radius 3 is 2.42 bits per heavy atom. The molecule has 1 rings (SSSR count). The largest absolute Gasteiger partial charge is 0.303 e. The summed E-state index contributed by atoms with van der Waals surface area (Å²) in [6.45, 7) is 11.0. The van der Waals surface area contributed by atoms with Crippen molar-refractivity contribution < 1.29 is 0 Å². The Balaban J connectivity index is 2.52. The predicted molar refractivity (Wildman–Crippen MR) is 81.0 cm³/mol. The Morgan fingerprint density at radius 1 is 1.21 bits per heavy atom. The smallest absolute Gasteiger partial charge is 0.109 e. The number of hydrogen-bond donors (Lipinski definition) is 1.